The van der Waals surface area contributed by atoms with Crippen LogP contribution in [0.15, 0.2) is 133 Å². The van der Waals surface area contributed by atoms with E-state index in [4.69, 9.17) is 0 Å². The van der Waals surface area contributed by atoms with Crippen molar-refractivity contribution < 1.29 is 0 Å². The number of hydrogen-bond donors (Lipinski definition) is 0. The van der Waals surface area contributed by atoms with Gasteiger partial charge in [0.15, 0.2) is 0 Å². The number of nitrogens with zero attached hydrogens (tertiary/aromatic N) is 3. The van der Waals surface area contributed by atoms with E-state index in [0.29, 0.717) is 0 Å². The molecule has 3 nitrogen and oxygen atoms in total. The Kier molecular flexibility index (Phi) is 13.4. The maximum atomic E-state index is 2.82. The molecule has 9 aromatic rings. The molecule has 5 heteroatoms. The maximum absolute atomic E-state index is 2.82. The molecular weight excluding hydrogens is 1110 g/mol. The van der Waals surface area contributed by atoms with Gasteiger partial charge in [0.05, 0.1) is 11.4 Å². The highest BCUT2D eigenvalue weighted by Gasteiger charge is 2.49. The van der Waals surface area contributed by atoms with E-state index in [0.717, 1.165) is 42.7 Å². The summed E-state index contributed by atoms with van der Waals surface area (Å²) in [6.45, 7) is 53.4. The van der Waals surface area contributed by atoms with Crippen molar-refractivity contribution >= 4 is 106 Å². The lowest BCUT2D eigenvalue weighted by molar-refractivity contribution is 0.332. The first kappa shape index (κ1) is 61.0. The second kappa shape index (κ2) is 19.7. The molecule has 464 valence electrons. The lowest BCUT2D eigenvalue weighted by Gasteiger charge is -2.49. The molecule has 0 N–H and O–H groups in total. The fraction of sp³-hybridized carbons (Fsp3) is 0.435. The van der Waals surface area contributed by atoms with Gasteiger partial charge in [-0.25, -0.2) is 0 Å². The van der Waals surface area contributed by atoms with Crippen LogP contribution in [0, 0.1) is 6.92 Å². The molecule has 5 aliphatic rings. The number of benzene rings is 8. The van der Waals surface area contributed by atoms with E-state index < -0.39 is 0 Å². The standard InChI is InChI=1S/C85H100BN3S/c1-51-43-61-64(84(19,20)41-39-81(61,13)14)49-68(51)89-71-47-58(87(55-28-23-52(24-29-55)77(2,3)4)56-30-25-53(26-31-56)78(5,6)7)46-70-75(71)86(66-35-36-72-74(76(66)89)59-33-27-54(79(8,9)10)44-73(59)90-72)67-48-63-65(85(21,22)42-40-83(63,17)18)50-69(67)88(70)57-32-34-60-62(45-57)82(15,16)38-37-80(60,11)12/h23-36,43-50H,37-42H2,1-22H3. The number of aryl methyl sites for hydroxylation is 1. The molecule has 1 aromatic heterocycles. The van der Waals surface area contributed by atoms with E-state index in [1.807, 2.05) is 11.3 Å². The van der Waals surface area contributed by atoms with Gasteiger partial charge in [0.2, 0.25) is 0 Å². The predicted octanol–water partition coefficient (Wildman–Crippen LogP) is 22.9. The highest BCUT2D eigenvalue weighted by molar-refractivity contribution is 7.26. The molecule has 3 aliphatic carbocycles. The van der Waals surface area contributed by atoms with Gasteiger partial charge in [-0.2, -0.15) is 0 Å². The molecule has 8 aromatic carbocycles. The lowest BCUT2D eigenvalue weighted by atomic mass is 9.33. The van der Waals surface area contributed by atoms with Gasteiger partial charge in [-0.1, -0.05) is 206 Å². The zero-order valence-electron chi connectivity index (χ0n) is 58.8. The number of rotatable bonds is 5. The van der Waals surface area contributed by atoms with Crippen molar-refractivity contribution in [2.45, 2.75) is 240 Å². The Balaban J connectivity index is 1.18. The van der Waals surface area contributed by atoms with E-state index >= 15 is 0 Å². The van der Waals surface area contributed by atoms with Crippen molar-refractivity contribution in [3.05, 3.63) is 189 Å². The summed E-state index contributed by atoms with van der Waals surface area (Å²) in [5.41, 5.74) is 29.6. The first-order chi connectivity index (χ1) is 41.9. The largest absolute Gasteiger partial charge is 0.311 e. The summed E-state index contributed by atoms with van der Waals surface area (Å²) in [7, 11) is 0. The van der Waals surface area contributed by atoms with Crippen LogP contribution in [0.25, 0.3) is 20.2 Å². The zero-order valence-corrected chi connectivity index (χ0v) is 59.6. The van der Waals surface area contributed by atoms with Crippen molar-refractivity contribution in [2.75, 3.05) is 14.7 Å². The fourth-order valence-corrected chi connectivity index (χ4v) is 18.0. The summed E-state index contributed by atoms with van der Waals surface area (Å²) in [6, 6.07) is 55.2. The second-order valence-corrected chi connectivity index (χ2v) is 36.6. The molecule has 0 saturated carbocycles. The third-order valence-corrected chi connectivity index (χ3v) is 24.3. The van der Waals surface area contributed by atoms with Gasteiger partial charge in [-0.05, 0) is 239 Å². The van der Waals surface area contributed by atoms with Gasteiger partial charge in [-0.15, -0.1) is 11.3 Å². The molecule has 0 radical (unpaired) electrons. The van der Waals surface area contributed by atoms with Crippen molar-refractivity contribution in [3.63, 3.8) is 0 Å². The summed E-state index contributed by atoms with van der Waals surface area (Å²) < 4.78 is 2.69. The Morgan fingerprint density at radius 3 is 1.33 bits per heavy atom. The number of anilines is 9. The lowest BCUT2D eigenvalue weighted by Crippen LogP contribution is -2.62. The Morgan fingerprint density at radius 1 is 0.378 bits per heavy atom. The first-order valence-electron chi connectivity index (χ1n) is 34.2. The molecule has 14 rings (SSSR count). The Hall–Kier alpha value is -6.56. The predicted molar refractivity (Wildman–Crippen MR) is 395 cm³/mol. The highest BCUT2D eigenvalue weighted by Crippen LogP contribution is 2.57. The summed E-state index contributed by atoms with van der Waals surface area (Å²) in [5, 5.41) is 2.70. The van der Waals surface area contributed by atoms with E-state index in [2.05, 4.69) is 300 Å². The minimum atomic E-state index is -0.0761. The first-order valence-corrected chi connectivity index (χ1v) is 35.0. The second-order valence-electron chi connectivity index (χ2n) is 35.5. The molecule has 3 heterocycles. The van der Waals surface area contributed by atoms with Crippen LogP contribution in [0.3, 0.4) is 0 Å². The van der Waals surface area contributed by atoms with E-state index in [-0.39, 0.29) is 55.4 Å². The van der Waals surface area contributed by atoms with Gasteiger partial charge in [0.25, 0.3) is 6.71 Å². The molecular formula is C85H100BN3S. The van der Waals surface area contributed by atoms with Gasteiger partial charge < -0.3 is 14.7 Å². The molecule has 90 heavy (non-hydrogen) atoms. The summed E-state index contributed by atoms with van der Waals surface area (Å²) >= 11 is 1.97. The van der Waals surface area contributed by atoms with Crippen LogP contribution in [-0.2, 0) is 48.7 Å². The van der Waals surface area contributed by atoms with Gasteiger partial charge >= 0.3 is 0 Å². The number of thiophene rings is 1. The smallest absolute Gasteiger partial charge is 0.252 e. The average molecular weight is 1210 g/mol. The Bertz CT molecular complexity index is 4380. The average Bonchev–Trinajstić information content (AvgIpc) is 0.925. The van der Waals surface area contributed by atoms with Crippen molar-refractivity contribution in [1.29, 1.82) is 0 Å². The van der Waals surface area contributed by atoms with Crippen LogP contribution < -0.4 is 31.1 Å². The minimum Gasteiger partial charge on any atom is -0.311 e. The molecule has 0 atom stereocenters. The molecule has 0 fully saturated rings. The topological polar surface area (TPSA) is 9.72 Å². The van der Waals surface area contributed by atoms with Gasteiger partial charge in [0.1, 0.15) is 0 Å². The quantitative estimate of drug-likeness (QED) is 0.159. The van der Waals surface area contributed by atoms with Gasteiger partial charge in [0, 0.05) is 60.0 Å². The zero-order chi connectivity index (χ0) is 64.3. The summed E-state index contributed by atoms with van der Waals surface area (Å²) in [5.74, 6) is 0. The fourth-order valence-electron chi connectivity index (χ4n) is 16.8. The highest BCUT2D eigenvalue weighted by atomic mass is 32.1. The number of fused-ring (bicyclic) bond motifs is 11. The normalized spacial score (nSPS) is 19.0. The van der Waals surface area contributed by atoms with Crippen molar-refractivity contribution in [3.8, 4) is 0 Å². The maximum Gasteiger partial charge on any atom is 0.252 e. The van der Waals surface area contributed by atoms with Crippen molar-refractivity contribution in [1.82, 2.24) is 0 Å². The molecule has 0 amide bonds. The summed E-state index contributed by atoms with van der Waals surface area (Å²) in [4.78, 5) is 8.18. The van der Waals surface area contributed by atoms with E-state index in [1.165, 1.54) is 139 Å². The van der Waals surface area contributed by atoms with Crippen LogP contribution >= 0.6 is 11.3 Å². The third-order valence-electron chi connectivity index (χ3n) is 23.2. The van der Waals surface area contributed by atoms with Gasteiger partial charge in [-0.3, -0.25) is 0 Å². The Morgan fingerprint density at radius 2 is 0.822 bits per heavy atom. The number of hydrogen-bond acceptors (Lipinski definition) is 4. The van der Waals surface area contributed by atoms with Crippen LogP contribution in [0.2, 0.25) is 0 Å². The van der Waals surface area contributed by atoms with Crippen LogP contribution in [-0.4, -0.2) is 6.71 Å². The molecule has 0 saturated heterocycles. The molecule has 0 spiro atoms. The monoisotopic (exact) mass is 1210 g/mol. The third kappa shape index (κ3) is 9.51. The molecule has 0 bridgehead atoms. The van der Waals surface area contributed by atoms with E-state index in [9.17, 15) is 0 Å². The van der Waals surface area contributed by atoms with Crippen LogP contribution in [0.4, 0.5) is 51.2 Å². The van der Waals surface area contributed by atoms with Crippen molar-refractivity contribution in [2.24, 2.45) is 0 Å². The SMILES string of the molecule is Cc1cc2c(cc1N1c3cc(N(c4ccc(C(C)(C)C)cc4)c4ccc(C(C)(C)C)cc4)cc4c3B(c3cc5c(cc3N4c3ccc4c(c3)C(C)(C)CCC4(C)C)C(C)(C)CCC5(C)C)c3ccc4sc5cc(C(C)(C)C)ccc5c4c31)C(C)(C)CCC2(C)C. The Labute approximate surface area is 545 Å². The molecule has 2 aliphatic heterocycles. The van der Waals surface area contributed by atoms with Crippen LogP contribution in [0.5, 0.6) is 0 Å². The molecule has 0 unspecified atom stereocenters. The minimum absolute atomic E-state index is 0.00474. The summed E-state index contributed by atoms with van der Waals surface area (Å²) in [6.07, 6.45) is 6.93. The van der Waals surface area contributed by atoms with Crippen LogP contribution in [0.1, 0.15) is 240 Å². The van der Waals surface area contributed by atoms with E-state index in [1.54, 1.807) is 0 Å².